The molecule has 1 N–H and O–H groups in total. The normalized spacial score (nSPS) is 12.9. The first kappa shape index (κ1) is 16.0. The Morgan fingerprint density at radius 2 is 1.95 bits per heavy atom. The van der Waals surface area contributed by atoms with Crippen molar-refractivity contribution in [3.8, 4) is 0 Å². The van der Waals surface area contributed by atoms with E-state index in [4.69, 9.17) is 5.10 Å². The Hall–Kier alpha value is -1.35. The van der Waals surface area contributed by atoms with Gasteiger partial charge in [-0.2, -0.15) is 5.10 Å². The molecule has 2 rings (SSSR count). The highest BCUT2D eigenvalue weighted by Gasteiger charge is 2.14. The summed E-state index contributed by atoms with van der Waals surface area (Å²) in [6.45, 7) is 9.82. The Morgan fingerprint density at radius 3 is 2.67 bits per heavy atom. The molecule has 0 spiro atoms. The minimum atomic E-state index is 0.685. The molecule has 0 saturated heterocycles. The van der Waals surface area contributed by atoms with Crippen LogP contribution in [-0.2, 0) is 13.0 Å². The van der Waals surface area contributed by atoms with Gasteiger partial charge in [-0.05, 0) is 51.3 Å². The van der Waals surface area contributed by atoms with Crippen molar-refractivity contribution in [2.24, 2.45) is 5.92 Å². The minimum Gasteiger partial charge on any atom is -0.316 e. The van der Waals surface area contributed by atoms with Gasteiger partial charge in [-0.25, -0.2) is 0 Å². The summed E-state index contributed by atoms with van der Waals surface area (Å²) in [6.07, 6.45) is 4.79. The van der Waals surface area contributed by atoms with Crippen LogP contribution in [0.25, 0.3) is 10.9 Å². The topological polar surface area (TPSA) is 29.9 Å². The van der Waals surface area contributed by atoms with Gasteiger partial charge in [0.05, 0.1) is 11.2 Å². The van der Waals surface area contributed by atoms with Gasteiger partial charge < -0.3 is 5.32 Å². The van der Waals surface area contributed by atoms with Crippen LogP contribution in [0.2, 0.25) is 0 Å². The standard InChI is InChI=1S/C18H29N3/c1-4-9-15(14-19-12-5-2)13-17-16-10-7-8-11-18(16)21(6-3)20-17/h7-8,10-11,15,19H,4-6,9,12-14H2,1-3H3. The van der Waals surface area contributed by atoms with E-state index in [-0.39, 0.29) is 0 Å². The second-order valence-electron chi connectivity index (χ2n) is 5.84. The molecule has 0 amide bonds. The Morgan fingerprint density at radius 1 is 1.14 bits per heavy atom. The molecule has 1 heterocycles. The third-order valence-corrected chi connectivity index (χ3v) is 4.07. The van der Waals surface area contributed by atoms with Crippen LogP contribution in [0.4, 0.5) is 0 Å². The summed E-state index contributed by atoms with van der Waals surface area (Å²) in [7, 11) is 0. The zero-order valence-corrected chi connectivity index (χ0v) is 13.7. The summed E-state index contributed by atoms with van der Waals surface area (Å²) in [5.74, 6) is 0.685. The Balaban J connectivity index is 2.15. The molecule has 116 valence electrons. The largest absolute Gasteiger partial charge is 0.316 e. The summed E-state index contributed by atoms with van der Waals surface area (Å²) >= 11 is 0. The fourth-order valence-corrected chi connectivity index (χ4v) is 3.03. The lowest BCUT2D eigenvalue weighted by atomic mass is 9.96. The SMILES string of the molecule is CCCNCC(CCC)Cc1nn(CC)c2ccccc12. The van der Waals surface area contributed by atoms with Gasteiger partial charge >= 0.3 is 0 Å². The quantitative estimate of drug-likeness (QED) is 0.706. The molecule has 0 aliphatic heterocycles. The van der Waals surface area contributed by atoms with Crippen LogP contribution in [0.15, 0.2) is 24.3 Å². The molecule has 21 heavy (non-hydrogen) atoms. The minimum absolute atomic E-state index is 0.685. The van der Waals surface area contributed by atoms with Crippen LogP contribution in [0.3, 0.4) is 0 Å². The van der Waals surface area contributed by atoms with E-state index < -0.39 is 0 Å². The molecule has 1 aromatic carbocycles. The molecule has 1 unspecified atom stereocenters. The number of hydrogen-bond acceptors (Lipinski definition) is 2. The van der Waals surface area contributed by atoms with Crippen LogP contribution in [-0.4, -0.2) is 22.9 Å². The van der Waals surface area contributed by atoms with Crippen LogP contribution in [0.1, 0.15) is 45.7 Å². The van der Waals surface area contributed by atoms with Gasteiger partial charge in [-0.15, -0.1) is 0 Å². The van der Waals surface area contributed by atoms with Crippen LogP contribution in [0.5, 0.6) is 0 Å². The molecule has 0 radical (unpaired) electrons. The number of para-hydroxylation sites is 1. The van der Waals surface area contributed by atoms with Crippen molar-refractivity contribution in [3.63, 3.8) is 0 Å². The summed E-state index contributed by atoms with van der Waals surface area (Å²) < 4.78 is 2.13. The van der Waals surface area contributed by atoms with Gasteiger partial charge in [0.2, 0.25) is 0 Å². The number of benzene rings is 1. The van der Waals surface area contributed by atoms with Gasteiger partial charge in [0.1, 0.15) is 0 Å². The number of nitrogens with one attached hydrogen (secondary N) is 1. The van der Waals surface area contributed by atoms with Crippen molar-refractivity contribution < 1.29 is 0 Å². The lowest BCUT2D eigenvalue weighted by Gasteiger charge is -2.15. The van der Waals surface area contributed by atoms with E-state index >= 15 is 0 Å². The lowest BCUT2D eigenvalue weighted by Crippen LogP contribution is -2.25. The van der Waals surface area contributed by atoms with E-state index in [0.717, 1.165) is 26.1 Å². The molecular formula is C18H29N3. The van der Waals surface area contributed by atoms with Crippen molar-refractivity contribution in [1.82, 2.24) is 15.1 Å². The molecule has 0 bridgehead atoms. The van der Waals surface area contributed by atoms with Crippen LogP contribution in [0, 0.1) is 5.92 Å². The molecular weight excluding hydrogens is 258 g/mol. The maximum absolute atomic E-state index is 4.85. The summed E-state index contributed by atoms with van der Waals surface area (Å²) in [4.78, 5) is 0. The fraction of sp³-hybridized carbons (Fsp3) is 0.611. The molecule has 0 aliphatic rings. The predicted molar refractivity (Wildman–Crippen MR) is 90.7 cm³/mol. The average molecular weight is 287 g/mol. The third-order valence-electron chi connectivity index (χ3n) is 4.07. The zero-order valence-electron chi connectivity index (χ0n) is 13.7. The molecule has 0 saturated carbocycles. The summed E-state index contributed by atoms with van der Waals surface area (Å²) in [5.41, 5.74) is 2.54. The van der Waals surface area contributed by atoms with Gasteiger partial charge in [0, 0.05) is 11.9 Å². The van der Waals surface area contributed by atoms with E-state index in [1.165, 1.54) is 35.9 Å². The van der Waals surface area contributed by atoms with Crippen LogP contribution >= 0.6 is 0 Å². The highest BCUT2D eigenvalue weighted by molar-refractivity contribution is 5.81. The van der Waals surface area contributed by atoms with Crippen molar-refractivity contribution in [2.75, 3.05) is 13.1 Å². The smallest absolute Gasteiger partial charge is 0.0706 e. The summed E-state index contributed by atoms with van der Waals surface area (Å²) in [5, 5.41) is 9.75. The zero-order chi connectivity index (χ0) is 15.1. The number of aromatic nitrogens is 2. The van der Waals surface area contributed by atoms with Gasteiger partial charge in [-0.1, -0.05) is 38.5 Å². The second-order valence-corrected chi connectivity index (χ2v) is 5.84. The fourth-order valence-electron chi connectivity index (χ4n) is 3.03. The third kappa shape index (κ3) is 4.07. The molecule has 2 aromatic rings. The van der Waals surface area contributed by atoms with E-state index in [1.807, 2.05) is 0 Å². The Labute approximate surface area is 128 Å². The number of aryl methyl sites for hydroxylation is 1. The number of rotatable bonds is 9. The lowest BCUT2D eigenvalue weighted by molar-refractivity contribution is 0.434. The Bertz CT molecular complexity index is 544. The number of nitrogens with zero attached hydrogens (tertiary/aromatic N) is 2. The molecule has 0 aliphatic carbocycles. The summed E-state index contributed by atoms with van der Waals surface area (Å²) in [6, 6.07) is 8.62. The second kappa shape index (κ2) is 8.18. The van der Waals surface area contributed by atoms with E-state index in [9.17, 15) is 0 Å². The number of fused-ring (bicyclic) bond motifs is 1. The molecule has 3 heteroatoms. The first-order chi connectivity index (χ1) is 10.3. The highest BCUT2D eigenvalue weighted by atomic mass is 15.3. The molecule has 0 fully saturated rings. The first-order valence-corrected chi connectivity index (χ1v) is 8.45. The first-order valence-electron chi connectivity index (χ1n) is 8.45. The van der Waals surface area contributed by atoms with E-state index in [1.54, 1.807) is 0 Å². The van der Waals surface area contributed by atoms with Crippen molar-refractivity contribution in [3.05, 3.63) is 30.0 Å². The van der Waals surface area contributed by atoms with E-state index in [0.29, 0.717) is 5.92 Å². The van der Waals surface area contributed by atoms with E-state index in [2.05, 4.69) is 55.0 Å². The monoisotopic (exact) mass is 287 g/mol. The van der Waals surface area contributed by atoms with Crippen molar-refractivity contribution >= 4 is 10.9 Å². The van der Waals surface area contributed by atoms with Crippen LogP contribution < -0.4 is 5.32 Å². The maximum Gasteiger partial charge on any atom is 0.0706 e. The van der Waals surface area contributed by atoms with Gasteiger partial charge in [-0.3, -0.25) is 4.68 Å². The molecule has 1 atom stereocenters. The highest BCUT2D eigenvalue weighted by Crippen LogP contribution is 2.22. The molecule has 3 nitrogen and oxygen atoms in total. The average Bonchev–Trinajstić information content (AvgIpc) is 2.86. The van der Waals surface area contributed by atoms with Crippen molar-refractivity contribution in [2.45, 2.75) is 53.0 Å². The van der Waals surface area contributed by atoms with Gasteiger partial charge in [0.25, 0.3) is 0 Å². The van der Waals surface area contributed by atoms with Gasteiger partial charge in [0.15, 0.2) is 0 Å². The van der Waals surface area contributed by atoms with Crippen molar-refractivity contribution in [1.29, 1.82) is 0 Å². The maximum atomic E-state index is 4.85. The Kier molecular flexibility index (Phi) is 6.24. The predicted octanol–water partition coefficient (Wildman–Crippen LogP) is 4.01. The number of hydrogen-bond donors (Lipinski definition) is 1. The molecule has 1 aromatic heterocycles.